The molecule has 0 rings (SSSR count). The Balaban J connectivity index is 2.49. The molecule has 0 aromatic rings. The van der Waals surface area contributed by atoms with Gasteiger partial charge in [0.1, 0.15) is 6.29 Å². The highest BCUT2D eigenvalue weighted by Crippen LogP contribution is 1.59. The molecular weight excluding hydrogens is 96.1 g/mol. The lowest BCUT2D eigenvalue weighted by molar-refractivity contribution is -0.109. The highest BCUT2D eigenvalue weighted by molar-refractivity contribution is 6.25. The second-order valence-electron chi connectivity index (χ2n) is 0.826. The maximum absolute atomic E-state index is 9.46. The van der Waals surface area contributed by atoms with E-state index >= 15 is 0 Å². The van der Waals surface area contributed by atoms with Gasteiger partial charge in [-0.3, -0.25) is 0 Å². The van der Waals surface area contributed by atoms with Gasteiger partial charge in [0.05, 0.1) is 6.61 Å². The summed E-state index contributed by atoms with van der Waals surface area (Å²) in [5.74, 6) is 0. The summed E-state index contributed by atoms with van der Waals surface area (Å²) >= 11 is 0. The van der Waals surface area contributed by atoms with Crippen LogP contribution < -0.4 is 0 Å². The van der Waals surface area contributed by atoms with Crippen molar-refractivity contribution in [1.82, 2.24) is 0 Å². The Morgan fingerprint density at radius 3 is 2.83 bits per heavy atom. The second-order valence-corrected chi connectivity index (χ2v) is 1.81. The predicted octanol–water partition coefficient (Wildman–Crippen LogP) is -0.666. The van der Waals surface area contributed by atoms with Gasteiger partial charge in [0.2, 0.25) is 0 Å². The quantitative estimate of drug-likeness (QED) is 0.270. The van der Waals surface area contributed by atoms with E-state index < -0.39 is 0 Å². The van der Waals surface area contributed by atoms with Gasteiger partial charge in [0.25, 0.3) is 0 Å². The summed E-state index contributed by atoms with van der Waals surface area (Å²) in [5.41, 5.74) is 0. The summed E-state index contributed by atoms with van der Waals surface area (Å²) in [6.45, 7) is 2.28. The first kappa shape index (κ1) is 5.85. The van der Waals surface area contributed by atoms with Crippen molar-refractivity contribution in [2.24, 2.45) is 0 Å². The molecule has 0 atom stereocenters. The van der Waals surface area contributed by atoms with Gasteiger partial charge < -0.3 is 9.22 Å². The van der Waals surface area contributed by atoms with Crippen molar-refractivity contribution in [1.29, 1.82) is 0 Å². The third-order valence-corrected chi connectivity index (χ3v) is 1.03. The third kappa shape index (κ3) is 3.85. The van der Waals surface area contributed by atoms with Crippen LogP contribution in [0.5, 0.6) is 0 Å². The SMILES string of the molecule is C[SiH2]OCC=O. The smallest absolute Gasteiger partial charge is 0.159 e. The fraction of sp³-hybridized carbons (Fsp3) is 0.667. The average Bonchev–Trinajstić information content (AvgIpc) is 1.61. The van der Waals surface area contributed by atoms with Gasteiger partial charge in [0.15, 0.2) is 9.76 Å². The summed E-state index contributed by atoms with van der Waals surface area (Å²) in [6, 6.07) is 0. The van der Waals surface area contributed by atoms with E-state index in [0.717, 1.165) is 6.29 Å². The Morgan fingerprint density at radius 2 is 2.67 bits per heavy atom. The Kier molecular flexibility index (Phi) is 4.72. The molecule has 0 aliphatic carbocycles. The lowest BCUT2D eigenvalue weighted by Gasteiger charge is -1.85. The standard InChI is InChI=1S/C3H8O2Si/c1-6-5-3-2-4/h2H,3,6H2,1H3. The zero-order valence-electron chi connectivity index (χ0n) is 3.81. The first-order valence-electron chi connectivity index (χ1n) is 1.93. The van der Waals surface area contributed by atoms with Gasteiger partial charge in [0, 0.05) is 0 Å². The fourth-order valence-electron chi connectivity index (χ4n) is 0.166. The van der Waals surface area contributed by atoms with Crippen molar-refractivity contribution in [3.05, 3.63) is 0 Å². The van der Waals surface area contributed by atoms with Crippen LogP contribution in [-0.2, 0) is 9.22 Å². The maximum Gasteiger partial charge on any atom is 0.159 e. The molecule has 36 valence electrons. The molecule has 0 N–H and O–H groups in total. The van der Waals surface area contributed by atoms with Crippen molar-refractivity contribution >= 4 is 16.0 Å². The third-order valence-electron chi connectivity index (χ3n) is 0.390. The fourth-order valence-corrected chi connectivity index (χ4v) is 0.498. The molecular formula is C3H8O2Si. The number of aldehydes is 1. The largest absolute Gasteiger partial charge is 0.417 e. The first-order valence-corrected chi connectivity index (χ1v) is 3.92. The Bertz CT molecular complexity index is 37.8. The molecule has 0 amide bonds. The van der Waals surface area contributed by atoms with E-state index in [1.54, 1.807) is 0 Å². The molecule has 0 bridgehead atoms. The predicted molar refractivity (Wildman–Crippen MR) is 26.4 cm³/mol. The van der Waals surface area contributed by atoms with Crippen LogP contribution in [0.2, 0.25) is 6.55 Å². The van der Waals surface area contributed by atoms with Crippen LogP contribution in [0.4, 0.5) is 0 Å². The van der Waals surface area contributed by atoms with E-state index in [2.05, 4.69) is 0 Å². The van der Waals surface area contributed by atoms with Crippen molar-refractivity contribution in [2.75, 3.05) is 6.61 Å². The molecule has 0 aromatic heterocycles. The Labute approximate surface area is 39.4 Å². The highest BCUT2D eigenvalue weighted by atomic mass is 28.2. The maximum atomic E-state index is 9.46. The molecule has 0 aliphatic rings. The van der Waals surface area contributed by atoms with Crippen molar-refractivity contribution in [3.8, 4) is 0 Å². The molecule has 2 nitrogen and oxygen atoms in total. The van der Waals surface area contributed by atoms with E-state index in [0.29, 0.717) is 6.61 Å². The topological polar surface area (TPSA) is 26.3 Å². The number of rotatable bonds is 3. The monoisotopic (exact) mass is 104 g/mol. The molecule has 3 heteroatoms. The molecule has 0 spiro atoms. The summed E-state index contributed by atoms with van der Waals surface area (Å²) in [6.07, 6.45) is 0.774. The van der Waals surface area contributed by atoms with Crippen LogP contribution in [0.15, 0.2) is 0 Å². The zero-order valence-corrected chi connectivity index (χ0v) is 5.22. The number of carbonyl (C=O) groups excluding carboxylic acids is 1. The van der Waals surface area contributed by atoms with Crippen LogP contribution in [0.3, 0.4) is 0 Å². The Morgan fingerprint density at radius 1 is 2.00 bits per heavy atom. The Hall–Kier alpha value is -0.153. The van der Waals surface area contributed by atoms with E-state index in [1.165, 1.54) is 0 Å². The molecule has 0 fully saturated rings. The van der Waals surface area contributed by atoms with Gasteiger partial charge in [-0.05, 0) is 0 Å². The molecule has 0 aliphatic heterocycles. The summed E-state index contributed by atoms with van der Waals surface area (Å²) < 4.78 is 4.75. The van der Waals surface area contributed by atoms with Crippen molar-refractivity contribution in [2.45, 2.75) is 6.55 Å². The van der Waals surface area contributed by atoms with Gasteiger partial charge >= 0.3 is 0 Å². The van der Waals surface area contributed by atoms with Crippen LogP contribution in [0.1, 0.15) is 0 Å². The number of carbonyl (C=O) groups is 1. The van der Waals surface area contributed by atoms with Crippen molar-refractivity contribution < 1.29 is 9.22 Å². The molecule has 0 saturated heterocycles. The zero-order chi connectivity index (χ0) is 4.83. The summed E-state index contributed by atoms with van der Waals surface area (Å²) in [4.78, 5) is 9.46. The van der Waals surface area contributed by atoms with Crippen LogP contribution in [0, 0.1) is 0 Å². The van der Waals surface area contributed by atoms with Gasteiger partial charge in [-0.1, -0.05) is 6.55 Å². The van der Waals surface area contributed by atoms with E-state index in [-0.39, 0.29) is 9.76 Å². The minimum atomic E-state index is -0.328. The van der Waals surface area contributed by atoms with Crippen LogP contribution in [0.25, 0.3) is 0 Å². The number of hydrogen-bond donors (Lipinski definition) is 0. The molecule has 0 heterocycles. The molecule has 6 heavy (non-hydrogen) atoms. The summed E-state index contributed by atoms with van der Waals surface area (Å²) in [5, 5.41) is 0. The van der Waals surface area contributed by atoms with E-state index in [9.17, 15) is 4.79 Å². The van der Waals surface area contributed by atoms with Gasteiger partial charge in [-0.25, -0.2) is 0 Å². The molecule has 0 radical (unpaired) electrons. The van der Waals surface area contributed by atoms with Crippen LogP contribution >= 0.6 is 0 Å². The first-order chi connectivity index (χ1) is 2.91. The molecule has 0 saturated carbocycles. The van der Waals surface area contributed by atoms with Crippen molar-refractivity contribution in [3.63, 3.8) is 0 Å². The average molecular weight is 104 g/mol. The van der Waals surface area contributed by atoms with Gasteiger partial charge in [-0.2, -0.15) is 0 Å². The normalized spacial score (nSPS) is 10.2. The van der Waals surface area contributed by atoms with E-state index in [4.69, 9.17) is 4.43 Å². The minimum Gasteiger partial charge on any atom is -0.417 e. The second kappa shape index (κ2) is 4.85. The molecule has 0 unspecified atom stereocenters. The molecule has 0 aromatic carbocycles. The summed E-state index contributed by atoms with van der Waals surface area (Å²) in [7, 11) is -0.328. The number of hydrogen-bond acceptors (Lipinski definition) is 2. The minimum absolute atomic E-state index is 0.294. The lowest BCUT2D eigenvalue weighted by Crippen LogP contribution is -1.95. The highest BCUT2D eigenvalue weighted by Gasteiger charge is 1.72. The van der Waals surface area contributed by atoms with Crippen LogP contribution in [-0.4, -0.2) is 22.7 Å². The van der Waals surface area contributed by atoms with Gasteiger partial charge in [-0.15, -0.1) is 0 Å². The van der Waals surface area contributed by atoms with E-state index in [1.807, 2.05) is 6.55 Å². The lowest BCUT2D eigenvalue weighted by atomic mass is 10.9.